The molecule has 0 aromatic carbocycles. The van der Waals surface area contributed by atoms with E-state index in [-0.39, 0.29) is 49.2 Å². The van der Waals surface area contributed by atoms with Crippen LogP contribution in [0.15, 0.2) is 0 Å². The summed E-state index contributed by atoms with van der Waals surface area (Å²) >= 11 is 0. The highest BCUT2D eigenvalue weighted by Gasteiger charge is 2.21. The summed E-state index contributed by atoms with van der Waals surface area (Å²) in [5, 5.41) is 6.28. The summed E-state index contributed by atoms with van der Waals surface area (Å²) in [5.41, 5.74) is 0. The molecule has 0 aromatic heterocycles. The molecule has 8 heteroatoms. The van der Waals surface area contributed by atoms with Crippen molar-refractivity contribution in [2.24, 2.45) is 0 Å². The molecule has 1 amide bonds. The standard InChI is InChI=1S/C14H28N4O.3ClH/c1-2-17-9-11-18(12-10-17)8-4-7-16-14(19)13-5-3-6-15-13;;;/h13,15H,2-12H2,1H3,(H,16,19);3*1H/t13-;;;/m0.../s1. The molecule has 1 atom stereocenters. The van der Waals surface area contributed by atoms with Crippen LogP contribution in [0.3, 0.4) is 0 Å². The van der Waals surface area contributed by atoms with E-state index >= 15 is 0 Å². The van der Waals surface area contributed by atoms with E-state index in [2.05, 4.69) is 27.4 Å². The first-order chi connectivity index (χ1) is 9.29. The van der Waals surface area contributed by atoms with Crippen molar-refractivity contribution in [3.05, 3.63) is 0 Å². The summed E-state index contributed by atoms with van der Waals surface area (Å²) in [6.07, 6.45) is 3.18. The first kappa shape index (κ1) is 24.5. The molecule has 2 heterocycles. The van der Waals surface area contributed by atoms with E-state index < -0.39 is 0 Å². The second kappa shape index (κ2) is 13.6. The predicted octanol–water partition coefficient (Wildman–Crippen LogP) is 1.15. The van der Waals surface area contributed by atoms with Crippen molar-refractivity contribution in [1.29, 1.82) is 0 Å². The molecule has 2 fully saturated rings. The zero-order chi connectivity index (χ0) is 13.5. The molecule has 2 N–H and O–H groups in total. The van der Waals surface area contributed by atoms with E-state index in [0.29, 0.717) is 0 Å². The maximum absolute atomic E-state index is 11.8. The van der Waals surface area contributed by atoms with E-state index in [1.807, 2.05) is 0 Å². The van der Waals surface area contributed by atoms with Crippen molar-refractivity contribution in [3.8, 4) is 0 Å². The van der Waals surface area contributed by atoms with E-state index in [1.165, 1.54) is 26.2 Å². The maximum atomic E-state index is 11.8. The van der Waals surface area contributed by atoms with E-state index in [1.54, 1.807) is 0 Å². The van der Waals surface area contributed by atoms with Crippen molar-refractivity contribution < 1.29 is 4.79 Å². The van der Waals surface area contributed by atoms with Gasteiger partial charge in [0.05, 0.1) is 6.04 Å². The largest absolute Gasteiger partial charge is 0.355 e. The van der Waals surface area contributed by atoms with E-state index in [4.69, 9.17) is 0 Å². The van der Waals surface area contributed by atoms with Crippen molar-refractivity contribution >= 4 is 43.1 Å². The van der Waals surface area contributed by atoms with Gasteiger partial charge in [-0.2, -0.15) is 0 Å². The summed E-state index contributed by atoms with van der Waals surface area (Å²) in [6, 6.07) is 0.0631. The highest BCUT2D eigenvalue weighted by Crippen LogP contribution is 2.05. The Balaban J connectivity index is 0. The number of carbonyl (C=O) groups excluding carboxylic acids is 1. The van der Waals surface area contributed by atoms with Gasteiger partial charge >= 0.3 is 0 Å². The lowest BCUT2D eigenvalue weighted by atomic mass is 10.2. The van der Waals surface area contributed by atoms with Gasteiger partial charge < -0.3 is 20.4 Å². The normalized spacial score (nSPS) is 22.1. The lowest BCUT2D eigenvalue weighted by Gasteiger charge is -2.34. The van der Waals surface area contributed by atoms with Crippen LogP contribution in [0.25, 0.3) is 0 Å². The fourth-order valence-electron chi connectivity index (χ4n) is 2.87. The summed E-state index contributed by atoms with van der Waals surface area (Å²) < 4.78 is 0. The number of nitrogens with one attached hydrogen (secondary N) is 2. The van der Waals surface area contributed by atoms with Crippen LogP contribution in [0.2, 0.25) is 0 Å². The third kappa shape index (κ3) is 8.18. The highest BCUT2D eigenvalue weighted by molar-refractivity contribution is 5.86. The molecule has 0 saturated carbocycles. The molecule has 134 valence electrons. The Bertz CT molecular complexity index is 283. The minimum atomic E-state index is 0. The zero-order valence-corrected chi connectivity index (χ0v) is 15.8. The summed E-state index contributed by atoms with van der Waals surface area (Å²) in [5.74, 6) is 0.188. The van der Waals surface area contributed by atoms with Gasteiger partial charge in [0.15, 0.2) is 0 Å². The maximum Gasteiger partial charge on any atom is 0.237 e. The fourth-order valence-corrected chi connectivity index (χ4v) is 2.87. The monoisotopic (exact) mass is 376 g/mol. The van der Waals surface area contributed by atoms with E-state index in [0.717, 1.165) is 45.4 Å². The van der Waals surface area contributed by atoms with Gasteiger partial charge in [0.2, 0.25) is 5.91 Å². The fraction of sp³-hybridized carbons (Fsp3) is 0.929. The van der Waals surface area contributed by atoms with Crippen LogP contribution in [0.1, 0.15) is 26.2 Å². The third-order valence-electron chi connectivity index (χ3n) is 4.24. The molecule has 0 aliphatic carbocycles. The number of halogens is 3. The highest BCUT2D eigenvalue weighted by atomic mass is 35.5. The third-order valence-corrected chi connectivity index (χ3v) is 4.24. The van der Waals surface area contributed by atoms with Crippen LogP contribution >= 0.6 is 37.2 Å². The molecule has 0 radical (unpaired) electrons. The molecule has 0 spiro atoms. The van der Waals surface area contributed by atoms with Crippen LogP contribution in [0, 0.1) is 0 Å². The second-order valence-corrected chi connectivity index (χ2v) is 5.57. The molecule has 22 heavy (non-hydrogen) atoms. The van der Waals surface area contributed by atoms with Crippen molar-refractivity contribution in [3.63, 3.8) is 0 Å². The second-order valence-electron chi connectivity index (χ2n) is 5.57. The van der Waals surface area contributed by atoms with Gasteiger partial charge in [-0.1, -0.05) is 6.92 Å². The minimum absolute atomic E-state index is 0. The average molecular weight is 378 g/mol. The van der Waals surface area contributed by atoms with Gasteiger partial charge in [-0.15, -0.1) is 37.2 Å². The number of rotatable bonds is 6. The first-order valence-corrected chi connectivity index (χ1v) is 7.75. The molecular formula is C14H31Cl3N4O. The number of likely N-dealkylation sites (N-methyl/N-ethyl adjacent to an activating group) is 1. The Hall–Kier alpha value is 0.220. The number of nitrogens with zero attached hydrogens (tertiary/aromatic N) is 2. The van der Waals surface area contributed by atoms with Gasteiger partial charge in [0, 0.05) is 32.7 Å². The number of piperazine rings is 1. The van der Waals surface area contributed by atoms with Crippen molar-refractivity contribution in [2.45, 2.75) is 32.2 Å². The Kier molecular flexibility index (Phi) is 15.2. The quantitative estimate of drug-likeness (QED) is 0.682. The molecule has 0 unspecified atom stereocenters. The van der Waals surface area contributed by atoms with E-state index in [9.17, 15) is 4.79 Å². The number of carbonyl (C=O) groups is 1. The minimum Gasteiger partial charge on any atom is -0.355 e. The zero-order valence-electron chi connectivity index (χ0n) is 13.4. The van der Waals surface area contributed by atoms with Crippen LogP contribution in [-0.2, 0) is 4.79 Å². The summed E-state index contributed by atoms with van der Waals surface area (Å²) in [4.78, 5) is 16.8. The Morgan fingerprint density at radius 3 is 2.32 bits per heavy atom. The number of amides is 1. The molecule has 0 bridgehead atoms. The van der Waals surface area contributed by atoms with Crippen molar-refractivity contribution in [2.75, 3.05) is 52.4 Å². The summed E-state index contributed by atoms with van der Waals surface area (Å²) in [6.45, 7) is 11.0. The Morgan fingerprint density at radius 2 is 1.77 bits per heavy atom. The lowest BCUT2D eigenvalue weighted by molar-refractivity contribution is -0.122. The number of hydrogen-bond donors (Lipinski definition) is 2. The topological polar surface area (TPSA) is 47.6 Å². The van der Waals surface area contributed by atoms with Gasteiger partial charge in [-0.25, -0.2) is 0 Å². The Morgan fingerprint density at radius 1 is 1.14 bits per heavy atom. The van der Waals surface area contributed by atoms with Crippen LogP contribution in [-0.4, -0.2) is 74.1 Å². The smallest absolute Gasteiger partial charge is 0.237 e. The first-order valence-electron chi connectivity index (χ1n) is 7.75. The molecular weight excluding hydrogens is 347 g/mol. The van der Waals surface area contributed by atoms with Gasteiger partial charge in [0.25, 0.3) is 0 Å². The predicted molar refractivity (Wildman–Crippen MR) is 98.9 cm³/mol. The summed E-state index contributed by atoms with van der Waals surface area (Å²) in [7, 11) is 0. The number of hydrogen-bond acceptors (Lipinski definition) is 4. The van der Waals surface area contributed by atoms with Crippen LogP contribution < -0.4 is 10.6 Å². The molecule has 0 aromatic rings. The van der Waals surface area contributed by atoms with Crippen LogP contribution in [0.5, 0.6) is 0 Å². The SMILES string of the molecule is CCN1CCN(CCCNC(=O)[C@@H]2CCCN2)CC1.Cl.Cl.Cl. The average Bonchev–Trinajstić information content (AvgIpc) is 2.98. The molecule has 2 rings (SSSR count). The lowest BCUT2D eigenvalue weighted by Crippen LogP contribution is -2.47. The molecule has 2 aliphatic heterocycles. The van der Waals surface area contributed by atoms with Crippen LogP contribution in [0.4, 0.5) is 0 Å². The van der Waals surface area contributed by atoms with Gasteiger partial charge in [-0.05, 0) is 38.9 Å². The molecule has 5 nitrogen and oxygen atoms in total. The Labute approximate surface area is 153 Å². The van der Waals surface area contributed by atoms with Gasteiger partial charge in [0.1, 0.15) is 0 Å². The molecule has 2 saturated heterocycles. The van der Waals surface area contributed by atoms with Gasteiger partial charge in [-0.3, -0.25) is 4.79 Å². The van der Waals surface area contributed by atoms with Crippen molar-refractivity contribution in [1.82, 2.24) is 20.4 Å². The molecule has 2 aliphatic rings.